The molecule has 0 unspecified atom stereocenters. The van der Waals surface area contributed by atoms with E-state index in [1.165, 1.54) is 43.9 Å². The summed E-state index contributed by atoms with van der Waals surface area (Å²) in [4.78, 5) is 22.2. The van der Waals surface area contributed by atoms with Crippen molar-refractivity contribution in [1.82, 2.24) is 9.80 Å². The molecule has 4 aliphatic rings. The molecule has 1 N–H and O–H groups in total. The fourth-order valence-corrected chi connectivity index (χ4v) is 8.86. The van der Waals surface area contributed by atoms with Crippen molar-refractivity contribution in [3.05, 3.63) is 29.8 Å². The van der Waals surface area contributed by atoms with Gasteiger partial charge in [-0.25, -0.2) is 8.42 Å². The molecular formula is C22H30N4O3S2. The van der Waals surface area contributed by atoms with Crippen molar-refractivity contribution < 1.29 is 13.2 Å². The molecule has 5 rings (SSSR count). The third-order valence-electron chi connectivity index (χ3n) is 6.87. The van der Waals surface area contributed by atoms with Crippen molar-refractivity contribution in [2.75, 3.05) is 43.0 Å². The number of carbonyl (C=O) groups excluding carboxylic acids is 1. The Hall–Kier alpha value is -1.58. The highest BCUT2D eigenvalue weighted by Gasteiger charge is 2.42. The fraction of sp³-hybridized carbons (Fsp3) is 0.636. The number of aliphatic imine (C=N–C) groups is 1. The summed E-state index contributed by atoms with van der Waals surface area (Å²) in [7, 11) is -2.95. The molecule has 1 aromatic rings. The average molecular weight is 463 g/mol. The molecular weight excluding hydrogens is 432 g/mol. The highest BCUT2D eigenvalue weighted by molar-refractivity contribution is 8.15. The van der Waals surface area contributed by atoms with Gasteiger partial charge in [0.05, 0.1) is 17.5 Å². The van der Waals surface area contributed by atoms with E-state index in [9.17, 15) is 13.2 Å². The van der Waals surface area contributed by atoms with Crippen LogP contribution in [-0.2, 0) is 9.84 Å². The summed E-state index contributed by atoms with van der Waals surface area (Å²) < 4.78 is 23.5. The molecule has 1 saturated carbocycles. The number of amidine groups is 1. The largest absolute Gasteiger partial charge is 0.336 e. The van der Waals surface area contributed by atoms with Crippen LogP contribution in [0.5, 0.6) is 0 Å². The Morgan fingerprint density at radius 3 is 2.58 bits per heavy atom. The summed E-state index contributed by atoms with van der Waals surface area (Å²) in [5.41, 5.74) is 1.50. The van der Waals surface area contributed by atoms with Gasteiger partial charge in [0.2, 0.25) is 0 Å². The van der Waals surface area contributed by atoms with Gasteiger partial charge in [0, 0.05) is 48.7 Å². The maximum absolute atomic E-state index is 13.1. The molecule has 3 aliphatic heterocycles. The molecule has 2 saturated heterocycles. The number of hydrogen-bond acceptors (Lipinski definition) is 7. The maximum atomic E-state index is 13.1. The molecule has 0 spiro atoms. The first-order valence-corrected chi connectivity index (χ1v) is 14.0. The molecule has 2 atom stereocenters. The van der Waals surface area contributed by atoms with E-state index in [1.54, 1.807) is 0 Å². The lowest BCUT2D eigenvalue weighted by molar-refractivity contribution is 0.0523. The second kappa shape index (κ2) is 8.75. The Balaban J connectivity index is 1.18. The summed E-state index contributed by atoms with van der Waals surface area (Å²) in [6, 6.07) is 8.11. The smallest absolute Gasteiger partial charge is 0.254 e. The van der Waals surface area contributed by atoms with Crippen LogP contribution in [0.3, 0.4) is 0 Å². The molecule has 0 bridgehead atoms. The number of hydrogen-bond donors (Lipinski definition) is 1. The summed E-state index contributed by atoms with van der Waals surface area (Å²) in [6.07, 6.45) is 6.65. The van der Waals surface area contributed by atoms with Crippen LogP contribution in [0.1, 0.15) is 42.5 Å². The summed E-state index contributed by atoms with van der Waals surface area (Å²) in [5.74, 6) is 0.416. The Bertz CT molecular complexity index is 967. The summed E-state index contributed by atoms with van der Waals surface area (Å²) >= 11 is 1.49. The standard InChI is InChI=1S/C22H30N4O3S2/c27-21(26-11-9-25(10-12-26)18-7-2-1-3-8-18)16-5-4-6-17(13-16)23-22-24-19-14-31(28,29)15-20(19)30-22/h4-6,13,18-20H,1-3,7-12,14-15H2,(H,23,24)/t19-,20-/m1/s1. The first kappa shape index (κ1) is 21.3. The van der Waals surface area contributed by atoms with Crippen LogP contribution in [0.15, 0.2) is 29.3 Å². The highest BCUT2D eigenvalue weighted by Crippen LogP contribution is 2.34. The number of piperazine rings is 1. The fourth-order valence-electron chi connectivity index (χ4n) is 5.19. The Morgan fingerprint density at radius 1 is 1.06 bits per heavy atom. The SMILES string of the molecule is O=C(c1cccc(NC2=N[C@@H]3CS(=O)(=O)C[C@H]3S2)c1)N1CCN(C2CCCCC2)CC1. The van der Waals surface area contributed by atoms with Gasteiger partial charge in [0.15, 0.2) is 15.0 Å². The number of nitrogens with one attached hydrogen (secondary N) is 1. The molecule has 7 nitrogen and oxygen atoms in total. The molecule has 1 aromatic carbocycles. The normalized spacial score (nSPS) is 28.9. The minimum atomic E-state index is -2.95. The van der Waals surface area contributed by atoms with Crippen LogP contribution in [-0.4, -0.2) is 84.3 Å². The molecule has 0 aromatic heterocycles. The zero-order chi connectivity index (χ0) is 21.4. The van der Waals surface area contributed by atoms with Crippen molar-refractivity contribution >= 4 is 38.4 Å². The summed E-state index contributed by atoms with van der Waals surface area (Å²) in [5, 5.41) is 4.04. The van der Waals surface area contributed by atoms with Gasteiger partial charge in [-0.2, -0.15) is 0 Å². The topological polar surface area (TPSA) is 82.1 Å². The van der Waals surface area contributed by atoms with Crippen molar-refractivity contribution in [1.29, 1.82) is 0 Å². The molecule has 3 heterocycles. The average Bonchev–Trinajstić information content (AvgIpc) is 3.26. The lowest BCUT2D eigenvalue weighted by Crippen LogP contribution is -2.52. The number of sulfone groups is 1. The van der Waals surface area contributed by atoms with E-state index in [2.05, 4.69) is 15.2 Å². The maximum Gasteiger partial charge on any atom is 0.254 e. The number of anilines is 1. The van der Waals surface area contributed by atoms with Crippen LogP contribution >= 0.6 is 11.8 Å². The van der Waals surface area contributed by atoms with E-state index in [-0.39, 0.29) is 28.7 Å². The first-order valence-electron chi connectivity index (χ1n) is 11.3. The quantitative estimate of drug-likeness (QED) is 0.743. The lowest BCUT2D eigenvalue weighted by atomic mass is 9.94. The van der Waals surface area contributed by atoms with E-state index in [0.29, 0.717) is 11.6 Å². The van der Waals surface area contributed by atoms with Gasteiger partial charge in [0.1, 0.15) is 0 Å². The van der Waals surface area contributed by atoms with Crippen molar-refractivity contribution in [3.63, 3.8) is 0 Å². The molecule has 31 heavy (non-hydrogen) atoms. The molecule has 0 radical (unpaired) electrons. The predicted molar refractivity (Wildman–Crippen MR) is 126 cm³/mol. The van der Waals surface area contributed by atoms with Gasteiger partial charge in [0.25, 0.3) is 5.91 Å². The van der Waals surface area contributed by atoms with Gasteiger partial charge in [-0.15, -0.1) is 0 Å². The molecule has 9 heteroatoms. The number of carbonyl (C=O) groups is 1. The zero-order valence-corrected chi connectivity index (χ0v) is 19.3. The number of amides is 1. The van der Waals surface area contributed by atoms with E-state index < -0.39 is 9.84 Å². The van der Waals surface area contributed by atoms with E-state index in [0.717, 1.165) is 37.0 Å². The van der Waals surface area contributed by atoms with Gasteiger partial charge in [-0.1, -0.05) is 37.1 Å². The van der Waals surface area contributed by atoms with Gasteiger partial charge >= 0.3 is 0 Å². The number of fused-ring (bicyclic) bond motifs is 1. The van der Waals surface area contributed by atoms with Crippen molar-refractivity contribution in [3.8, 4) is 0 Å². The minimum absolute atomic E-state index is 0.0118. The molecule has 1 aliphatic carbocycles. The third-order valence-corrected chi connectivity index (χ3v) is 10.0. The molecule has 168 valence electrons. The Kier molecular flexibility index (Phi) is 6.00. The van der Waals surface area contributed by atoms with Crippen LogP contribution in [0.2, 0.25) is 0 Å². The second-order valence-corrected chi connectivity index (χ2v) is 12.4. The Labute approximate surface area is 188 Å². The van der Waals surface area contributed by atoms with Crippen LogP contribution in [0.4, 0.5) is 5.69 Å². The number of nitrogens with zero attached hydrogens (tertiary/aromatic N) is 3. The second-order valence-electron chi connectivity index (χ2n) is 9.06. The van der Waals surface area contributed by atoms with Gasteiger partial charge in [-0.3, -0.25) is 14.7 Å². The number of rotatable bonds is 3. The number of benzene rings is 1. The van der Waals surface area contributed by atoms with Crippen LogP contribution in [0.25, 0.3) is 0 Å². The monoisotopic (exact) mass is 462 g/mol. The molecule has 3 fully saturated rings. The third kappa shape index (κ3) is 4.78. The summed E-state index contributed by atoms with van der Waals surface area (Å²) in [6.45, 7) is 3.50. The lowest BCUT2D eigenvalue weighted by Gasteiger charge is -2.40. The zero-order valence-electron chi connectivity index (χ0n) is 17.7. The van der Waals surface area contributed by atoms with Crippen molar-refractivity contribution in [2.24, 2.45) is 4.99 Å². The van der Waals surface area contributed by atoms with Crippen LogP contribution in [0, 0.1) is 0 Å². The number of thioether (sulfide) groups is 1. The van der Waals surface area contributed by atoms with Gasteiger partial charge in [-0.05, 0) is 31.0 Å². The van der Waals surface area contributed by atoms with Gasteiger partial charge < -0.3 is 10.2 Å². The van der Waals surface area contributed by atoms with E-state index >= 15 is 0 Å². The highest BCUT2D eigenvalue weighted by atomic mass is 32.2. The van der Waals surface area contributed by atoms with E-state index in [1.807, 2.05) is 29.2 Å². The minimum Gasteiger partial charge on any atom is -0.336 e. The first-order chi connectivity index (χ1) is 15.0. The van der Waals surface area contributed by atoms with E-state index in [4.69, 9.17) is 0 Å². The van der Waals surface area contributed by atoms with Crippen molar-refractivity contribution in [2.45, 2.75) is 49.4 Å². The Morgan fingerprint density at radius 2 is 1.84 bits per heavy atom. The van der Waals surface area contributed by atoms with Crippen LogP contribution < -0.4 is 5.32 Å². The predicted octanol–water partition coefficient (Wildman–Crippen LogP) is 2.46. The molecule has 1 amide bonds.